The van der Waals surface area contributed by atoms with Crippen molar-refractivity contribution in [3.05, 3.63) is 84.2 Å². The molecule has 2 aliphatic rings. The lowest BCUT2D eigenvalue weighted by Gasteiger charge is -2.34. The Morgan fingerprint density at radius 2 is 1.63 bits per heavy atom. The summed E-state index contributed by atoms with van der Waals surface area (Å²) in [7, 11) is -4.22. The van der Waals surface area contributed by atoms with Gasteiger partial charge in [0.15, 0.2) is 11.5 Å². The molecule has 228 valence electrons. The van der Waals surface area contributed by atoms with E-state index in [0.29, 0.717) is 36.7 Å². The fourth-order valence-corrected chi connectivity index (χ4v) is 6.94. The van der Waals surface area contributed by atoms with Gasteiger partial charge in [0.05, 0.1) is 10.6 Å². The van der Waals surface area contributed by atoms with E-state index in [0.717, 1.165) is 30.0 Å². The smallest absolute Gasteiger partial charge is 0.264 e. The minimum absolute atomic E-state index is 0.00390. The van der Waals surface area contributed by atoms with Crippen LogP contribution in [-0.4, -0.2) is 57.0 Å². The zero-order valence-electron chi connectivity index (χ0n) is 24.1. The van der Waals surface area contributed by atoms with Crippen LogP contribution in [0.5, 0.6) is 11.5 Å². The summed E-state index contributed by atoms with van der Waals surface area (Å²) in [5, 5.41) is 3.08. The number of nitrogens with one attached hydrogen (secondary N) is 1. The van der Waals surface area contributed by atoms with Crippen LogP contribution in [0.3, 0.4) is 0 Å². The zero-order valence-corrected chi connectivity index (χ0v) is 24.9. The maximum atomic E-state index is 14.2. The summed E-state index contributed by atoms with van der Waals surface area (Å²) in [6.07, 6.45) is 4.12. The molecule has 0 aromatic heterocycles. The van der Waals surface area contributed by atoms with Crippen LogP contribution in [0.25, 0.3) is 0 Å². The number of rotatable bonds is 11. The van der Waals surface area contributed by atoms with Crippen LogP contribution in [0.4, 0.5) is 10.1 Å². The van der Waals surface area contributed by atoms with Crippen LogP contribution in [0.15, 0.2) is 77.7 Å². The number of benzene rings is 3. The van der Waals surface area contributed by atoms with Crippen LogP contribution in [0.2, 0.25) is 0 Å². The molecule has 0 saturated heterocycles. The van der Waals surface area contributed by atoms with Crippen molar-refractivity contribution in [3.8, 4) is 11.5 Å². The Morgan fingerprint density at radius 3 is 2.30 bits per heavy atom. The molecular weight excluding hydrogens is 573 g/mol. The van der Waals surface area contributed by atoms with E-state index in [1.165, 1.54) is 35.2 Å². The first-order valence-corrected chi connectivity index (χ1v) is 16.0. The molecule has 0 unspecified atom stereocenters. The Balaban J connectivity index is 1.51. The van der Waals surface area contributed by atoms with Gasteiger partial charge in [-0.1, -0.05) is 50.1 Å². The highest BCUT2D eigenvalue weighted by atomic mass is 32.2. The number of fused-ring (bicyclic) bond motifs is 1. The SMILES string of the molecule is CC[C@@H](C(=O)NC1CCCC1)N(Cc1ccc(F)cc1)C(=O)CN(c1ccc2c(c1)OCCO2)S(=O)(=O)c1ccccc1. The number of hydrogen-bond donors (Lipinski definition) is 1. The molecule has 1 aliphatic heterocycles. The van der Waals surface area contributed by atoms with E-state index in [1.807, 2.05) is 6.92 Å². The van der Waals surface area contributed by atoms with Gasteiger partial charge in [0.2, 0.25) is 11.8 Å². The maximum absolute atomic E-state index is 14.2. The van der Waals surface area contributed by atoms with Gasteiger partial charge in [0.1, 0.15) is 31.6 Å². The van der Waals surface area contributed by atoms with Crippen LogP contribution in [-0.2, 0) is 26.2 Å². The molecule has 1 heterocycles. The largest absolute Gasteiger partial charge is 0.486 e. The third kappa shape index (κ3) is 7.10. The number of amides is 2. The van der Waals surface area contributed by atoms with Crippen molar-refractivity contribution in [3.63, 3.8) is 0 Å². The van der Waals surface area contributed by atoms with E-state index in [2.05, 4.69) is 5.32 Å². The topological polar surface area (TPSA) is 105 Å². The second kappa shape index (κ2) is 13.5. The maximum Gasteiger partial charge on any atom is 0.264 e. The van der Waals surface area contributed by atoms with Crippen LogP contribution in [0, 0.1) is 5.82 Å². The number of carbonyl (C=O) groups is 2. The van der Waals surface area contributed by atoms with E-state index in [-0.39, 0.29) is 29.1 Å². The average molecular weight is 610 g/mol. The number of ether oxygens (including phenoxy) is 2. The van der Waals surface area contributed by atoms with E-state index in [4.69, 9.17) is 9.47 Å². The molecule has 1 aliphatic carbocycles. The predicted molar refractivity (Wildman–Crippen MR) is 160 cm³/mol. The van der Waals surface area contributed by atoms with E-state index >= 15 is 0 Å². The van der Waals surface area contributed by atoms with Gasteiger partial charge in [-0.2, -0.15) is 0 Å². The highest BCUT2D eigenvalue weighted by Crippen LogP contribution is 2.36. The number of halogens is 1. The summed E-state index contributed by atoms with van der Waals surface area (Å²) in [5.41, 5.74) is 0.824. The minimum atomic E-state index is -4.22. The van der Waals surface area contributed by atoms with Crippen LogP contribution >= 0.6 is 0 Å². The van der Waals surface area contributed by atoms with E-state index in [1.54, 1.807) is 42.5 Å². The first-order chi connectivity index (χ1) is 20.8. The second-order valence-electron chi connectivity index (χ2n) is 10.7. The minimum Gasteiger partial charge on any atom is -0.486 e. The van der Waals surface area contributed by atoms with Crippen molar-refractivity contribution in [2.24, 2.45) is 0 Å². The van der Waals surface area contributed by atoms with Crippen molar-refractivity contribution >= 4 is 27.5 Å². The van der Waals surface area contributed by atoms with Gasteiger partial charge in [-0.3, -0.25) is 13.9 Å². The van der Waals surface area contributed by atoms with E-state index in [9.17, 15) is 22.4 Å². The lowest BCUT2D eigenvalue weighted by atomic mass is 10.1. The van der Waals surface area contributed by atoms with Crippen molar-refractivity contribution in [1.82, 2.24) is 10.2 Å². The first-order valence-electron chi connectivity index (χ1n) is 14.6. The Bertz CT molecular complexity index is 1530. The Kier molecular flexibility index (Phi) is 9.49. The number of sulfonamides is 1. The monoisotopic (exact) mass is 609 g/mol. The van der Waals surface area contributed by atoms with Crippen molar-refractivity contribution in [2.75, 3.05) is 24.1 Å². The summed E-state index contributed by atoms with van der Waals surface area (Å²) in [6, 6.07) is 17.4. The van der Waals surface area contributed by atoms with Gasteiger partial charge in [-0.25, -0.2) is 12.8 Å². The molecule has 3 aromatic rings. The third-order valence-corrected chi connectivity index (χ3v) is 9.57. The van der Waals surface area contributed by atoms with Crippen molar-refractivity contribution in [2.45, 2.75) is 62.6 Å². The highest BCUT2D eigenvalue weighted by molar-refractivity contribution is 7.92. The van der Waals surface area contributed by atoms with Gasteiger partial charge >= 0.3 is 0 Å². The predicted octanol–water partition coefficient (Wildman–Crippen LogP) is 4.66. The van der Waals surface area contributed by atoms with Gasteiger partial charge in [0, 0.05) is 18.7 Å². The molecule has 3 aromatic carbocycles. The zero-order chi connectivity index (χ0) is 30.4. The second-order valence-corrected chi connectivity index (χ2v) is 12.6. The van der Waals surface area contributed by atoms with E-state index < -0.39 is 34.3 Å². The number of anilines is 1. The van der Waals surface area contributed by atoms with Gasteiger partial charge in [-0.05, 0) is 61.2 Å². The summed E-state index contributed by atoms with van der Waals surface area (Å²) < 4.78 is 54.1. The molecule has 5 rings (SSSR count). The Labute approximate surface area is 251 Å². The summed E-state index contributed by atoms with van der Waals surface area (Å²) >= 11 is 0. The quantitative estimate of drug-likeness (QED) is 0.339. The normalized spacial score (nSPS) is 15.5. The fraction of sp³-hybridized carbons (Fsp3) is 0.375. The van der Waals surface area contributed by atoms with Gasteiger partial charge < -0.3 is 19.7 Å². The van der Waals surface area contributed by atoms with Gasteiger partial charge in [0.25, 0.3) is 10.0 Å². The summed E-state index contributed by atoms with van der Waals surface area (Å²) in [5.74, 6) is -0.443. The Hall–Kier alpha value is -4.12. The molecule has 11 heteroatoms. The standard InChI is InChI=1S/C32H36FN3O6S/c1-2-28(32(38)34-25-8-6-7-9-25)35(21-23-12-14-24(33)15-13-23)31(37)22-36(43(39,40)27-10-4-3-5-11-27)26-16-17-29-30(20-26)42-19-18-41-29/h3-5,10-17,20,25,28H,2,6-9,18-19,21-22H2,1H3,(H,34,38)/t28-/m0/s1. The van der Waals surface area contributed by atoms with Crippen molar-refractivity contribution in [1.29, 1.82) is 0 Å². The molecule has 0 radical (unpaired) electrons. The van der Waals surface area contributed by atoms with Crippen LogP contribution < -0.4 is 19.1 Å². The molecule has 2 amide bonds. The lowest BCUT2D eigenvalue weighted by molar-refractivity contribution is -0.140. The molecule has 1 saturated carbocycles. The molecule has 1 atom stereocenters. The molecule has 1 N–H and O–H groups in total. The number of carbonyl (C=O) groups excluding carboxylic acids is 2. The molecular formula is C32H36FN3O6S. The third-order valence-electron chi connectivity index (χ3n) is 7.78. The Morgan fingerprint density at radius 1 is 0.953 bits per heavy atom. The van der Waals surface area contributed by atoms with Gasteiger partial charge in [-0.15, -0.1) is 0 Å². The first kappa shape index (κ1) is 30.3. The highest BCUT2D eigenvalue weighted by Gasteiger charge is 2.35. The average Bonchev–Trinajstić information content (AvgIpc) is 3.53. The lowest BCUT2D eigenvalue weighted by Crippen LogP contribution is -2.53. The number of nitrogens with zero attached hydrogens (tertiary/aromatic N) is 2. The molecule has 0 bridgehead atoms. The summed E-state index contributed by atoms with van der Waals surface area (Å²) in [6.45, 7) is 1.90. The molecule has 9 nitrogen and oxygen atoms in total. The van der Waals surface area contributed by atoms with Crippen molar-refractivity contribution < 1.29 is 31.9 Å². The molecule has 43 heavy (non-hydrogen) atoms. The number of hydrogen-bond acceptors (Lipinski definition) is 6. The van der Waals surface area contributed by atoms with Crippen LogP contribution in [0.1, 0.15) is 44.6 Å². The molecule has 0 spiro atoms. The fourth-order valence-electron chi connectivity index (χ4n) is 5.51. The molecule has 1 fully saturated rings. The summed E-state index contributed by atoms with van der Waals surface area (Å²) in [4.78, 5) is 29.1.